The van der Waals surface area contributed by atoms with E-state index in [1.165, 1.54) is 289 Å². The zero-order valence-corrected chi connectivity index (χ0v) is 52.5. The number of aliphatic hydroxyl groups is 3. The van der Waals surface area contributed by atoms with E-state index in [1.54, 1.807) is 0 Å². The van der Waals surface area contributed by atoms with Gasteiger partial charge in [-0.05, 0) is 57.8 Å². The highest BCUT2D eigenvalue weighted by molar-refractivity contribution is 5.76. The average Bonchev–Trinajstić information content (AvgIpc) is 3.44. The number of carbonyl (C=O) groups is 2. The molecule has 0 unspecified atom stereocenters. The fourth-order valence-corrected chi connectivity index (χ4v) is 11.2. The Hall–Kier alpha value is -1.70. The Bertz CT molecular complexity index is 1240. The van der Waals surface area contributed by atoms with Crippen LogP contribution in [0, 0.1) is 0 Å². The van der Waals surface area contributed by atoms with Gasteiger partial charge in [-0.1, -0.05) is 340 Å². The number of amides is 1. The zero-order valence-electron chi connectivity index (χ0n) is 52.5. The van der Waals surface area contributed by atoms with Crippen LogP contribution >= 0.6 is 0 Å². The minimum Gasteiger partial charge on any atom is -0.466 e. The summed E-state index contributed by atoms with van der Waals surface area (Å²) in [6.45, 7) is 4.77. The van der Waals surface area contributed by atoms with Gasteiger partial charge in [0.05, 0.1) is 25.4 Å². The Balaban J connectivity index is 3.39. The van der Waals surface area contributed by atoms with Crippen molar-refractivity contribution in [2.75, 3.05) is 13.2 Å². The molecule has 0 rings (SSSR count). The van der Waals surface area contributed by atoms with E-state index >= 15 is 0 Å². The van der Waals surface area contributed by atoms with Crippen molar-refractivity contribution >= 4 is 11.9 Å². The molecule has 0 aromatic rings. The van der Waals surface area contributed by atoms with E-state index in [0.29, 0.717) is 25.9 Å². The van der Waals surface area contributed by atoms with Crippen LogP contribution in [0.3, 0.4) is 0 Å². The molecule has 7 heteroatoms. The number of hydrogen-bond acceptors (Lipinski definition) is 6. The van der Waals surface area contributed by atoms with Gasteiger partial charge in [0, 0.05) is 12.8 Å². The molecule has 0 heterocycles. The van der Waals surface area contributed by atoms with Gasteiger partial charge in [0.15, 0.2) is 0 Å². The SMILES string of the molecule is CCCCC/C=C\C/C=C\CCCCCCCC(=O)OCCCCCCCCCCCCCCCCCCCCCCCCCCCCCCC(=O)N[C@@H](CO)[C@H](O)[C@H](O)CCCCCCCCCCCCCCCCCC. The molecule has 0 aromatic heterocycles. The lowest BCUT2D eigenvalue weighted by Crippen LogP contribution is -2.50. The summed E-state index contributed by atoms with van der Waals surface area (Å²) in [6.07, 6.45) is 79.6. The maximum Gasteiger partial charge on any atom is 0.305 e. The molecule has 3 atom stereocenters. The molecule has 0 bridgehead atoms. The van der Waals surface area contributed by atoms with Crippen molar-refractivity contribution in [3.8, 4) is 0 Å². The van der Waals surface area contributed by atoms with Crippen molar-refractivity contribution < 1.29 is 29.6 Å². The molecule has 0 saturated carbocycles. The summed E-state index contributed by atoms with van der Waals surface area (Å²) < 4.78 is 5.49. The molecule has 7 nitrogen and oxygen atoms in total. The summed E-state index contributed by atoms with van der Waals surface area (Å²) in [5.41, 5.74) is 0. The van der Waals surface area contributed by atoms with Crippen LogP contribution in [0.4, 0.5) is 0 Å². The van der Waals surface area contributed by atoms with Gasteiger partial charge >= 0.3 is 5.97 Å². The smallest absolute Gasteiger partial charge is 0.305 e. The average molecular weight is 1100 g/mol. The van der Waals surface area contributed by atoms with E-state index < -0.39 is 18.2 Å². The van der Waals surface area contributed by atoms with E-state index in [9.17, 15) is 24.9 Å². The number of carbonyl (C=O) groups excluding carboxylic acids is 2. The number of esters is 1. The highest BCUT2D eigenvalue weighted by Crippen LogP contribution is 2.19. The molecule has 0 aliphatic carbocycles. The van der Waals surface area contributed by atoms with Gasteiger partial charge in [-0.3, -0.25) is 9.59 Å². The second-order valence-corrected chi connectivity index (χ2v) is 24.4. The normalized spacial score (nSPS) is 13.0. The first-order chi connectivity index (χ1) is 38.5. The first kappa shape index (κ1) is 76.3. The number of hydrogen-bond donors (Lipinski definition) is 4. The van der Waals surface area contributed by atoms with E-state index in [2.05, 4.69) is 43.5 Å². The van der Waals surface area contributed by atoms with Gasteiger partial charge in [-0.2, -0.15) is 0 Å². The summed E-state index contributed by atoms with van der Waals surface area (Å²) in [5, 5.41) is 33.8. The lowest BCUT2D eigenvalue weighted by atomic mass is 9.99. The summed E-state index contributed by atoms with van der Waals surface area (Å²) in [5.74, 6) is -0.140. The molecule has 4 N–H and O–H groups in total. The third kappa shape index (κ3) is 60.4. The maximum absolute atomic E-state index is 12.5. The summed E-state index contributed by atoms with van der Waals surface area (Å²) in [6, 6.07) is -0.812. The van der Waals surface area contributed by atoms with Crippen molar-refractivity contribution in [3.63, 3.8) is 0 Å². The number of nitrogens with one attached hydrogen (secondary N) is 1. The minimum absolute atomic E-state index is 0.00254. The second kappa shape index (κ2) is 66.1. The zero-order chi connectivity index (χ0) is 56.6. The standard InChI is InChI=1S/C71H137NO6/c1-3-5-7-9-11-13-15-17-19-35-38-42-46-50-54-58-62-68(74)71(77)67(66-73)72-69(75)63-59-55-51-47-43-39-36-32-30-28-26-24-22-20-21-23-25-27-29-31-33-37-41-45-49-53-57-61-65-78-70(76)64-60-56-52-48-44-40-34-18-16-14-12-10-8-6-4-2/h12,14,18,34,67-68,71,73-74,77H,3-11,13,15-17,19-33,35-66H2,1-2H3,(H,72,75)/b14-12-,34-18-/t67-,68+,71-/m0/s1. The topological polar surface area (TPSA) is 116 Å². The van der Waals surface area contributed by atoms with Crippen LogP contribution in [0.25, 0.3) is 0 Å². The first-order valence-corrected chi connectivity index (χ1v) is 35.2. The van der Waals surface area contributed by atoms with Gasteiger partial charge < -0.3 is 25.4 Å². The van der Waals surface area contributed by atoms with Crippen LogP contribution in [-0.4, -0.2) is 58.7 Å². The van der Waals surface area contributed by atoms with E-state index in [4.69, 9.17) is 4.74 Å². The Morgan fingerprint density at radius 3 is 1.04 bits per heavy atom. The lowest BCUT2D eigenvalue weighted by molar-refractivity contribution is -0.143. The number of rotatable bonds is 66. The van der Waals surface area contributed by atoms with Crippen molar-refractivity contribution in [3.05, 3.63) is 24.3 Å². The lowest BCUT2D eigenvalue weighted by Gasteiger charge is -2.26. The number of aliphatic hydroxyl groups excluding tert-OH is 3. The summed E-state index contributed by atoms with van der Waals surface area (Å²) >= 11 is 0. The molecule has 78 heavy (non-hydrogen) atoms. The van der Waals surface area contributed by atoms with Crippen molar-refractivity contribution in [1.82, 2.24) is 5.32 Å². The predicted molar refractivity (Wildman–Crippen MR) is 339 cm³/mol. The molecular formula is C71H137NO6. The van der Waals surface area contributed by atoms with Crippen molar-refractivity contribution in [2.45, 2.75) is 405 Å². The van der Waals surface area contributed by atoms with Crippen molar-refractivity contribution in [1.29, 1.82) is 0 Å². The predicted octanol–water partition coefficient (Wildman–Crippen LogP) is 21.5. The van der Waals surface area contributed by atoms with Gasteiger partial charge in [-0.15, -0.1) is 0 Å². The molecule has 1 amide bonds. The van der Waals surface area contributed by atoms with Gasteiger partial charge in [0.1, 0.15) is 6.10 Å². The maximum atomic E-state index is 12.5. The Morgan fingerprint density at radius 2 is 0.667 bits per heavy atom. The van der Waals surface area contributed by atoms with Crippen LogP contribution in [0.15, 0.2) is 24.3 Å². The van der Waals surface area contributed by atoms with Gasteiger partial charge in [-0.25, -0.2) is 0 Å². The third-order valence-electron chi connectivity index (χ3n) is 16.6. The molecule has 0 aliphatic heterocycles. The number of unbranched alkanes of at least 4 members (excludes halogenated alkanes) is 50. The second-order valence-electron chi connectivity index (χ2n) is 24.4. The highest BCUT2D eigenvalue weighted by atomic mass is 16.5. The minimum atomic E-state index is -1.14. The van der Waals surface area contributed by atoms with Crippen molar-refractivity contribution in [2.24, 2.45) is 0 Å². The highest BCUT2D eigenvalue weighted by Gasteiger charge is 2.27. The fourth-order valence-electron chi connectivity index (χ4n) is 11.2. The van der Waals surface area contributed by atoms with Crippen LogP contribution in [0.1, 0.15) is 386 Å². The molecule has 0 spiro atoms. The first-order valence-electron chi connectivity index (χ1n) is 35.2. The van der Waals surface area contributed by atoms with E-state index in [-0.39, 0.29) is 18.5 Å². The van der Waals surface area contributed by atoms with Gasteiger partial charge in [0.2, 0.25) is 5.91 Å². The Morgan fingerprint density at radius 1 is 0.372 bits per heavy atom. The molecule has 462 valence electrons. The molecular weight excluding hydrogens is 963 g/mol. The van der Waals surface area contributed by atoms with Gasteiger partial charge in [0.25, 0.3) is 0 Å². The van der Waals surface area contributed by atoms with Crippen LogP contribution in [0.2, 0.25) is 0 Å². The van der Waals surface area contributed by atoms with Crippen LogP contribution in [0.5, 0.6) is 0 Å². The summed E-state index contributed by atoms with van der Waals surface area (Å²) in [7, 11) is 0. The largest absolute Gasteiger partial charge is 0.466 e. The number of ether oxygens (including phenoxy) is 1. The summed E-state index contributed by atoms with van der Waals surface area (Å²) in [4.78, 5) is 24.6. The van der Waals surface area contributed by atoms with E-state index in [1.807, 2.05) is 0 Å². The fraction of sp³-hybridized carbons (Fsp3) is 0.915. The molecule has 0 saturated heterocycles. The van der Waals surface area contributed by atoms with E-state index in [0.717, 1.165) is 64.2 Å². The molecule has 0 aromatic carbocycles. The Labute approximate surface area is 486 Å². The third-order valence-corrected chi connectivity index (χ3v) is 16.6. The van der Waals surface area contributed by atoms with Crippen LogP contribution in [-0.2, 0) is 14.3 Å². The van der Waals surface area contributed by atoms with Crippen LogP contribution < -0.4 is 5.32 Å². The Kier molecular flexibility index (Phi) is 64.7. The molecule has 0 fully saturated rings. The quantitative estimate of drug-likeness (QED) is 0.0274. The molecule has 0 radical (unpaired) electrons. The number of allylic oxidation sites excluding steroid dienone is 4. The monoisotopic (exact) mass is 1100 g/mol. The molecule has 0 aliphatic rings.